The second-order valence-corrected chi connectivity index (χ2v) is 7.74. The van der Waals surface area contributed by atoms with Crippen molar-refractivity contribution in [3.63, 3.8) is 0 Å². The predicted molar refractivity (Wildman–Crippen MR) is 113 cm³/mol. The molecule has 0 spiro atoms. The van der Waals surface area contributed by atoms with E-state index in [2.05, 4.69) is 44.1 Å². The Labute approximate surface area is 169 Å². The number of likely N-dealkylation sites (tertiary alicyclic amines) is 1. The van der Waals surface area contributed by atoms with Gasteiger partial charge in [-0.2, -0.15) is 0 Å². The van der Waals surface area contributed by atoms with E-state index in [-0.39, 0.29) is 11.7 Å². The number of nitrogens with zero attached hydrogens (tertiary/aromatic N) is 3. The summed E-state index contributed by atoms with van der Waals surface area (Å²) in [5.41, 5.74) is 4.59. The first-order valence-corrected chi connectivity index (χ1v) is 10.1. The molecule has 0 saturated carbocycles. The van der Waals surface area contributed by atoms with E-state index in [0.29, 0.717) is 11.3 Å². The van der Waals surface area contributed by atoms with Crippen molar-refractivity contribution < 1.29 is 4.39 Å². The average molecular weight is 386 g/mol. The Morgan fingerprint density at radius 3 is 2.90 bits per heavy atom. The smallest absolute Gasteiger partial charge is 0.132 e. The van der Waals surface area contributed by atoms with E-state index in [9.17, 15) is 4.39 Å². The zero-order chi connectivity index (χ0) is 19.6. The summed E-state index contributed by atoms with van der Waals surface area (Å²) in [6.07, 6.45) is 7.50. The van der Waals surface area contributed by atoms with Crippen LogP contribution in [0.2, 0.25) is 0 Å². The number of aromatic amines is 1. The molecule has 1 atom stereocenters. The van der Waals surface area contributed by atoms with Gasteiger partial charge in [0.1, 0.15) is 5.82 Å². The van der Waals surface area contributed by atoms with Crippen LogP contribution in [0.15, 0.2) is 67.1 Å². The standard InChI is InChI=1S/C24H23FN4/c25-21-6-2-1-5-20(21)24-23(27-11-12-28-24)19-4-3-13-29(16-19)15-17-7-8-22-18(14-17)9-10-26-22/h1-2,5-12,14,19,26H,3-4,13,15-16H2. The van der Waals surface area contributed by atoms with Crippen molar-refractivity contribution in [1.82, 2.24) is 19.9 Å². The monoisotopic (exact) mass is 386 g/mol. The van der Waals surface area contributed by atoms with Gasteiger partial charge in [-0.1, -0.05) is 18.2 Å². The van der Waals surface area contributed by atoms with Gasteiger partial charge < -0.3 is 4.98 Å². The van der Waals surface area contributed by atoms with Crippen LogP contribution in [-0.4, -0.2) is 32.9 Å². The number of halogens is 1. The third kappa shape index (κ3) is 3.66. The molecule has 1 fully saturated rings. The lowest BCUT2D eigenvalue weighted by atomic mass is 9.91. The molecule has 1 N–H and O–H groups in total. The van der Waals surface area contributed by atoms with Crippen LogP contribution in [0.4, 0.5) is 4.39 Å². The predicted octanol–water partition coefficient (Wildman–Crippen LogP) is 5.14. The molecule has 1 aliphatic rings. The summed E-state index contributed by atoms with van der Waals surface area (Å²) >= 11 is 0. The highest BCUT2D eigenvalue weighted by Gasteiger charge is 2.26. The SMILES string of the molecule is Fc1ccccc1-c1nccnc1C1CCCN(Cc2ccc3[nH]ccc3c2)C1. The number of rotatable bonds is 4. The number of hydrogen-bond acceptors (Lipinski definition) is 3. The minimum Gasteiger partial charge on any atom is -0.361 e. The minimum absolute atomic E-state index is 0.248. The van der Waals surface area contributed by atoms with Crippen molar-refractivity contribution in [1.29, 1.82) is 0 Å². The van der Waals surface area contributed by atoms with Crippen LogP contribution in [-0.2, 0) is 6.54 Å². The third-order valence-corrected chi connectivity index (χ3v) is 5.77. The van der Waals surface area contributed by atoms with Gasteiger partial charge in [0.05, 0.1) is 11.4 Å². The third-order valence-electron chi connectivity index (χ3n) is 5.77. The number of fused-ring (bicyclic) bond motifs is 1. The summed E-state index contributed by atoms with van der Waals surface area (Å²) < 4.78 is 14.4. The largest absolute Gasteiger partial charge is 0.361 e. The Balaban J connectivity index is 1.39. The Kier molecular flexibility index (Phi) is 4.82. The topological polar surface area (TPSA) is 44.8 Å². The van der Waals surface area contributed by atoms with Crippen molar-refractivity contribution in [2.24, 2.45) is 0 Å². The molecule has 1 unspecified atom stereocenters. The first kappa shape index (κ1) is 18.0. The molecule has 3 heterocycles. The molecule has 0 radical (unpaired) electrons. The zero-order valence-electron chi connectivity index (χ0n) is 16.2. The van der Waals surface area contributed by atoms with Gasteiger partial charge in [-0.25, -0.2) is 4.39 Å². The number of aromatic nitrogens is 3. The fraction of sp³-hybridized carbons (Fsp3) is 0.250. The van der Waals surface area contributed by atoms with Crippen LogP contribution in [0.1, 0.15) is 30.0 Å². The van der Waals surface area contributed by atoms with E-state index in [1.807, 2.05) is 12.3 Å². The first-order chi connectivity index (χ1) is 14.3. The number of piperidine rings is 1. The molecule has 1 aliphatic heterocycles. The molecule has 2 aromatic carbocycles. The molecule has 5 rings (SSSR count). The normalized spacial score (nSPS) is 17.6. The van der Waals surface area contributed by atoms with Crippen molar-refractivity contribution in [2.45, 2.75) is 25.3 Å². The molecule has 4 nitrogen and oxygen atoms in total. The van der Waals surface area contributed by atoms with Gasteiger partial charge in [-0.05, 0) is 60.7 Å². The summed E-state index contributed by atoms with van der Waals surface area (Å²) in [4.78, 5) is 14.9. The molecule has 29 heavy (non-hydrogen) atoms. The lowest BCUT2D eigenvalue weighted by molar-refractivity contribution is 0.198. The average Bonchev–Trinajstić information content (AvgIpc) is 3.22. The highest BCUT2D eigenvalue weighted by molar-refractivity contribution is 5.79. The Morgan fingerprint density at radius 1 is 1.07 bits per heavy atom. The molecule has 4 aromatic rings. The van der Waals surface area contributed by atoms with Gasteiger partial charge >= 0.3 is 0 Å². The molecule has 0 aliphatic carbocycles. The summed E-state index contributed by atoms with van der Waals surface area (Å²) in [6, 6.07) is 15.5. The van der Waals surface area contributed by atoms with Gasteiger partial charge in [0.25, 0.3) is 0 Å². The number of benzene rings is 2. The second kappa shape index (κ2) is 7.76. The van der Waals surface area contributed by atoms with Gasteiger partial charge in [0, 0.05) is 48.7 Å². The van der Waals surface area contributed by atoms with Gasteiger partial charge in [-0.3, -0.25) is 14.9 Å². The Hall–Kier alpha value is -3.05. The zero-order valence-corrected chi connectivity index (χ0v) is 16.2. The first-order valence-electron chi connectivity index (χ1n) is 10.1. The summed E-state index contributed by atoms with van der Waals surface area (Å²) in [5, 5.41) is 1.24. The minimum atomic E-state index is -0.248. The number of hydrogen-bond donors (Lipinski definition) is 1. The van der Waals surface area contributed by atoms with E-state index in [1.165, 1.54) is 22.5 Å². The molecule has 0 bridgehead atoms. The van der Waals surface area contributed by atoms with Crippen LogP contribution in [0.5, 0.6) is 0 Å². The van der Waals surface area contributed by atoms with Crippen molar-refractivity contribution in [3.05, 3.63) is 84.2 Å². The van der Waals surface area contributed by atoms with Crippen LogP contribution >= 0.6 is 0 Å². The van der Waals surface area contributed by atoms with Crippen LogP contribution < -0.4 is 0 Å². The molecule has 1 saturated heterocycles. The molecule has 5 heteroatoms. The van der Waals surface area contributed by atoms with Crippen LogP contribution in [0, 0.1) is 5.82 Å². The van der Waals surface area contributed by atoms with Crippen molar-refractivity contribution in [3.8, 4) is 11.3 Å². The van der Waals surface area contributed by atoms with Gasteiger partial charge in [0.2, 0.25) is 0 Å². The lowest BCUT2D eigenvalue weighted by Gasteiger charge is -2.33. The Bertz CT molecular complexity index is 1140. The van der Waals surface area contributed by atoms with E-state index in [4.69, 9.17) is 0 Å². The van der Waals surface area contributed by atoms with E-state index < -0.39 is 0 Å². The maximum absolute atomic E-state index is 14.4. The fourth-order valence-electron chi connectivity index (χ4n) is 4.39. The van der Waals surface area contributed by atoms with E-state index in [0.717, 1.165) is 38.2 Å². The van der Waals surface area contributed by atoms with E-state index >= 15 is 0 Å². The Morgan fingerprint density at radius 2 is 1.97 bits per heavy atom. The fourth-order valence-corrected chi connectivity index (χ4v) is 4.39. The summed E-state index contributed by atoms with van der Waals surface area (Å²) in [5.74, 6) is 0.00441. The van der Waals surface area contributed by atoms with Crippen LogP contribution in [0.25, 0.3) is 22.2 Å². The maximum atomic E-state index is 14.4. The molecular weight excluding hydrogens is 363 g/mol. The summed E-state index contributed by atoms with van der Waals surface area (Å²) in [7, 11) is 0. The lowest BCUT2D eigenvalue weighted by Crippen LogP contribution is -2.34. The van der Waals surface area contributed by atoms with Crippen molar-refractivity contribution in [2.75, 3.05) is 13.1 Å². The summed E-state index contributed by atoms with van der Waals surface area (Å²) in [6.45, 7) is 2.88. The molecule has 146 valence electrons. The molecule has 0 amide bonds. The number of H-pyrrole nitrogens is 1. The van der Waals surface area contributed by atoms with Gasteiger partial charge in [-0.15, -0.1) is 0 Å². The maximum Gasteiger partial charge on any atom is 0.132 e. The van der Waals surface area contributed by atoms with Gasteiger partial charge in [0.15, 0.2) is 0 Å². The molecular formula is C24H23FN4. The highest BCUT2D eigenvalue weighted by Crippen LogP contribution is 2.33. The van der Waals surface area contributed by atoms with Crippen molar-refractivity contribution >= 4 is 10.9 Å². The quantitative estimate of drug-likeness (QED) is 0.528. The van der Waals surface area contributed by atoms with E-state index in [1.54, 1.807) is 24.5 Å². The van der Waals surface area contributed by atoms with Crippen LogP contribution in [0.3, 0.4) is 0 Å². The second-order valence-electron chi connectivity index (χ2n) is 7.74. The molecule has 2 aromatic heterocycles. The highest BCUT2D eigenvalue weighted by atomic mass is 19.1. The number of nitrogens with one attached hydrogen (secondary N) is 1.